The van der Waals surface area contributed by atoms with Crippen molar-refractivity contribution in [1.82, 2.24) is 9.97 Å². The van der Waals surface area contributed by atoms with E-state index in [-0.39, 0.29) is 11.5 Å². The van der Waals surface area contributed by atoms with Gasteiger partial charge in [0, 0.05) is 25.1 Å². The summed E-state index contributed by atoms with van der Waals surface area (Å²) in [5, 5.41) is 0. The van der Waals surface area contributed by atoms with Crippen molar-refractivity contribution < 1.29 is 0 Å². The molecule has 2 aromatic rings. The van der Waals surface area contributed by atoms with E-state index < -0.39 is 0 Å². The molecule has 110 valence electrons. The molecule has 0 spiro atoms. The van der Waals surface area contributed by atoms with Gasteiger partial charge in [0.1, 0.15) is 11.6 Å². The van der Waals surface area contributed by atoms with Crippen molar-refractivity contribution in [1.29, 1.82) is 0 Å². The maximum absolute atomic E-state index is 11.8. The smallest absolute Gasteiger partial charge is 0.252 e. The third-order valence-electron chi connectivity index (χ3n) is 4.04. The van der Waals surface area contributed by atoms with E-state index in [1.807, 2.05) is 13.8 Å². The van der Waals surface area contributed by atoms with Gasteiger partial charge in [-0.05, 0) is 24.0 Å². The standard InChI is InChI=1S/C17H21N3O/c1-12(2)17-18-15(11-16(21)19-17)20-9-7-13-5-3-4-6-14(13)8-10-20/h3-6,11-12H,7-10H2,1-2H3,(H,18,19,21). The highest BCUT2D eigenvalue weighted by Crippen LogP contribution is 2.19. The molecule has 1 aromatic heterocycles. The largest absolute Gasteiger partial charge is 0.356 e. The number of hydrogen-bond donors (Lipinski definition) is 1. The van der Waals surface area contributed by atoms with Crippen LogP contribution in [-0.4, -0.2) is 23.1 Å². The fourth-order valence-electron chi connectivity index (χ4n) is 2.80. The predicted octanol–water partition coefficient (Wildman–Crippen LogP) is 2.50. The Kier molecular flexibility index (Phi) is 3.78. The lowest BCUT2D eigenvalue weighted by Gasteiger charge is -2.22. The van der Waals surface area contributed by atoms with Crippen LogP contribution in [0, 0.1) is 0 Å². The zero-order valence-corrected chi connectivity index (χ0v) is 12.6. The molecule has 0 atom stereocenters. The molecule has 1 N–H and O–H groups in total. The summed E-state index contributed by atoms with van der Waals surface area (Å²) in [7, 11) is 0. The van der Waals surface area contributed by atoms with Crippen LogP contribution < -0.4 is 10.5 Å². The number of hydrogen-bond acceptors (Lipinski definition) is 3. The summed E-state index contributed by atoms with van der Waals surface area (Å²) in [5.74, 6) is 1.79. The third kappa shape index (κ3) is 2.99. The summed E-state index contributed by atoms with van der Waals surface area (Å²) in [6, 6.07) is 10.2. The van der Waals surface area contributed by atoms with Gasteiger partial charge in [0.2, 0.25) is 0 Å². The van der Waals surface area contributed by atoms with Crippen LogP contribution in [0.1, 0.15) is 36.7 Å². The van der Waals surface area contributed by atoms with Crippen LogP contribution in [0.3, 0.4) is 0 Å². The van der Waals surface area contributed by atoms with Crippen LogP contribution in [0.15, 0.2) is 35.1 Å². The number of aromatic nitrogens is 2. The molecule has 1 aliphatic heterocycles. The Balaban J connectivity index is 1.88. The van der Waals surface area contributed by atoms with Gasteiger partial charge < -0.3 is 9.88 Å². The van der Waals surface area contributed by atoms with Crippen molar-refractivity contribution in [3.05, 3.63) is 57.6 Å². The molecule has 1 aliphatic rings. The predicted molar refractivity (Wildman–Crippen MR) is 85.0 cm³/mol. The van der Waals surface area contributed by atoms with Crippen molar-refractivity contribution in [2.45, 2.75) is 32.6 Å². The highest BCUT2D eigenvalue weighted by atomic mass is 16.1. The molecular formula is C17H21N3O. The summed E-state index contributed by atoms with van der Waals surface area (Å²) in [4.78, 5) is 21.5. The molecule has 0 saturated carbocycles. The van der Waals surface area contributed by atoms with Crippen molar-refractivity contribution in [3.8, 4) is 0 Å². The topological polar surface area (TPSA) is 49.0 Å². The number of rotatable bonds is 2. The SMILES string of the molecule is CC(C)c1nc(N2CCc3ccccc3CC2)cc(=O)[nH]1. The lowest BCUT2D eigenvalue weighted by atomic mass is 10.0. The molecule has 0 radical (unpaired) electrons. The quantitative estimate of drug-likeness (QED) is 0.921. The van der Waals surface area contributed by atoms with E-state index in [1.165, 1.54) is 11.1 Å². The minimum absolute atomic E-state index is 0.0644. The molecule has 21 heavy (non-hydrogen) atoms. The summed E-state index contributed by atoms with van der Waals surface area (Å²) in [5.41, 5.74) is 2.76. The Labute approximate surface area is 124 Å². The van der Waals surface area contributed by atoms with E-state index in [0.29, 0.717) is 0 Å². The first-order valence-corrected chi connectivity index (χ1v) is 7.56. The Hall–Kier alpha value is -2.10. The van der Waals surface area contributed by atoms with Crippen LogP contribution in [-0.2, 0) is 12.8 Å². The molecule has 0 saturated heterocycles. The lowest BCUT2D eigenvalue weighted by molar-refractivity contribution is 0.736. The Morgan fingerprint density at radius 2 is 1.76 bits per heavy atom. The highest BCUT2D eigenvalue weighted by molar-refractivity contribution is 5.41. The number of benzene rings is 1. The van der Waals surface area contributed by atoms with Gasteiger partial charge >= 0.3 is 0 Å². The second kappa shape index (κ2) is 5.72. The van der Waals surface area contributed by atoms with E-state index >= 15 is 0 Å². The second-order valence-electron chi connectivity index (χ2n) is 5.90. The first-order valence-electron chi connectivity index (χ1n) is 7.56. The highest BCUT2D eigenvalue weighted by Gasteiger charge is 2.16. The zero-order chi connectivity index (χ0) is 14.8. The number of H-pyrrole nitrogens is 1. The van der Waals surface area contributed by atoms with Crippen LogP contribution in [0.5, 0.6) is 0 Å². The van der Waals surface area contributed by atoms with Crippen molar-refractivity contribution in [2.24, 2.45) is 0 Å². The van der Waals surface area contributed by atoms with Crippen molar-refractivity contribution >= 4 is 5.82 Å². The van der Waals surface area contributed by atoms with Crippen molar-refractivity contribution in [2.75, 3.05) is 18.0 Å². The van der Waals surface area contributed by atoms with Gasteiger partial charge in [0.05, 0.1) is 0 Å². The molecule has 0 amide bonds. The number of nitrogens with zero attached hydrogens (tertiary/aromatic N) is 2. The molecule has 1 aromatic carbocycles. The maximum atomic E-state index is 11.8. The van der Waals surface area contributed by atoms with Crippen LogP contribution >= 0.6 is 0 Å². The minimum atomic E-state index is -0.0644. The van der Waals surface area contributed by atoms with E-state index in [2.05, 4.69) is 39.1 Å². The van der Waals surface area contributed by atoms with Crippen LogP contribution in [0.4, 0.5) is 5.82 Å². The van der Waals surface area contributed by atoms with Gasteiger partial charge in [0.25, 0.3) is 5.56 Å². The fourth-order valence-corrected chi connectivity index (χ4v) is 2.80. The van der Waals surface area contributed by atoms with Gasteiger partial charge in [-0.15, -0.1) is 0 Å². The number of aromatic amines is 1. The summed E-state index contributed by atoms with van der Waals surface area (Å²) in [6.45, 7) is 5.90. The normalized spacial score (nSPS) is 14.9. The van der Waals surface area contributed by atoms with E-state index in [0.717, 1.165) is 37.6 Å². The van der Waals surface area contributed by atoms with E-state index in [4.69, 9.17) is 0 Å². The summed E-state index contributed by atoms with van der Waals surface area (Å²) >= 11 is 0. The Morgan fingerprint density at radius 1 is 1.14 bits per heavy atom. The van der Waals surface area contributed by atoms with Crippen molar-refractivity contribution in [3.63, 3.8) is 0 Å². The molecule has 0 unspecified atom stereocenters. The Morgan fingerprint density at radius 3 is 2.33 bits per heavy atom. The first-order chi connectivity index (χ1) is 10.1. The summed E-state index contributed by atoms with van der Waals surface area (Å²) in [6.07, 6.45) is 2.00. The Bertz CT molecular complexity index is 663. The van der Waals surface area contributed by atoms with Gasteiger partial charge in [-0.25, -0.2) is 4.98 Å². The summed E-state index contributed by atoms with van der Waals surface area (Å²) < 4.78 is 0. The second-order valence-corrected chi connectivity index (χ2v) is 5.90. The monoisotopic (exact) mass is 283 g/mol. The minimum Gasteiger partial charge on any atom is -0.356 e. The number of fused-ring (bicyclic) bond motifs is 1. The fraction of sp³-hybridized carbons (Fsp3) is 0.412. The molecule has 0 bridgehead atoms. The molecule has 3 rings (SSSR count). The van der Waals surface area contributed by atoms with E-state index in [9.17, 15) is 4.79 Å². The first kappa shape index (κ1) is 13.9. The van der Waals surface area contributed by atoms with E-state index in [1.54, 1.807) is 6.07 Å². The third-order valence-corrected chi connectivity index (χ3v) is 4.04. The average molecular weight is 283 g/mol. The van der Waals surface area contributed by atoms with Gasteiger partial charge in [-0.1, -0.05) is 38.1 Å². The van der Waals surface area contributed by atoms with Gasteiger partial charge in [-0.3, -0.25) is 4.79 Å². The lowest BCUT2D eigenvalue weighted by Crippen LogP contribution is -2.29. The number of nitrogens with one attached hydrogen (secondary N) is 1. The van der Waals surface area contributed by atoms with Gasteiger partial charge in [0.15, 0.2) is 0 Å². The molecular weight excluding hydrogens is 262 g/mol. The van der Waals surface area contributed by atoms with Crippen LogP contribution in [0.2, 0.25) is 0 Å². The molecule has 0 fully saturated rings. The molecule has 2 heterocycles. The molecule has 0 aliphatic carbocycles. The molecule has 4 nitrogen and oxygen atoms in total. The maximum Gasteiger partial charge on any atom is 0.252 e. The molecule has 4 heteroatoms. The number of anilines is 1. The zero-order valence-electron chi connectivity index (χ0n) is 12.6. The average Bonchev–Trinajstić information content (AvgIpc) is 2.69. The van der Waals surface area contributed by atoms with Crippen LogP contribution in [0.25, 0.3) is 0 Å². The van der Waals surface area contributed by atoms with Gasteiger partial charge in [-0.2, -0.15) is 0 Å².